The van der Waals surface area contributed by atoms with Gasteiger partial charge in [0.1, 0.15) is 0 Å². The van der Waals surface area contributed by atoms with Crippen molar-refractivity contribution >= 4 is 0 Å². The smallest absolute Gasteiger partial charge is 0.00191 e. The van der Waals surface area contributed by atoms with Crippen molar-refractivity contribution in [1.82, 2.24) is 4.90 Å². The zero-order valence-electron chi connectivity index (χ0n) is 12.0. The van der Waals surface area contributed by atoms with Gasteiger partial charge >= 0.3 is 0 Å². The van der Waals surface area contributed by atoms with E-state index in [1.54, 1.807) is 0 Å². The van der Waals surface area contributed by atoms with Gasteiger partial charge in [0.05, 0.1) is 0 Å². The van der Waals surface area contributed by atoms with Crippen molar-refractivity contribution in [3.63, 3.8) is 0 Å². The van der Waals surface area contributed by atoms with Gasteiger partial charge in [-0.15, -0.1) is 0 Å². The summed E-state index contributed by atoms with van der Waals surface area (Å²) in [6.07, 6.45) is 13.5. The van der Waals surface area contributed by atoms with E-state index in [0.29, 0.717) is 0 Å². The van der Waals surface area contributed by atoms with Gasteiger partial charge in [-0.25, -0.2) is 0 Å². The minimum absolute atomic E-state index is 1.01. The Labute approximate surface area is 108 Å². The molecule has 0 spiro atoms. The molecule has 17 heavy (non-hydrogen) atoms. The fourth-order valence-corrected chi connectivity index (χ4v) is 3.66. The van der Waals surface area contributed by atoms with Gasteiger partial charge in [0.15, 0.2) is 0 Å². The summed E-state index contributed by atoms with van der Waals surface area (Å²) in [7, 11) is 2.26. The molecule has 0 aromatic heterocycles. The molecule has 1 heterocycles. The maximum atomic E-state index is 2.49. The van der Waals surface area contributed by atoms with Gasteiger partial charge in [-0.05, 0) is 50.7 Å². The van der Waals surface area contributed by atoms with Crippen molar-refractivity contribution in [1.29, 1.82) is 0 Å². The Kier molecular flexibility index (Phi) is 5.34. The summed E-state index contributed by atoms with van der Waals surface area (Å²) in [5, 5.41) is 0. The van der Waals surface area contributed by atoms with Gasteiger partial charge in [0.25, 0.3) is 0 Å². The molecule has 1 aliphatic carbocycles. The number of piperidine rings is 1. The van der Waals surface area contributed by atoms with E-state index in [1.807, 2.05) is 0 Å². The van der Waals surface area contributed by atoms with Crippen molar-refractivity contribution in [2.24, 2.45) is 17.8 Å². The van der Waals surface area contributed by atoms with Gasteiger partial charge in [-0.2, -0.15) is 0 Å². The van der Waals surface area contributed by atoms with Gasteiger partial charge in [0, 0.05) is 0 Å². The first-order valence-electron chi connectivity index (χ1n) is 7.92. The zero-order valence-corrected chi connectivity index (χ0v) is 12.0. The largest absolute Gasteiger partial charge is 0.306 e. The monoisotopic (exact) mass is 237 g/mol. The molecular weight excluding hydrogens is 206 g/mol. The van der Waals surface area contributed by atoms with Gasteiger partial charge in [-0.3, -0.25) is 0 Å². The molecule has 0 radical (unpaired) electrons. The highest BCUT2D eigenvalue weighted by atomic mass is 15.1. The molecule has 0 N–H and O–H groups in total. The number of nitrogens with zero attached hydrogens (tertiary/aromatic N) is 1. The van der Waals surface area contributed by atoms with Crippen LogP contribution in [0.2, 0.25) is 0 Å². The van der Waals surface area contributed by atoms with E-state index in [2.05, 4.69) is 18.9 Å². The first-order valence-corrected chi connectivity index (χ1v) is 7.92. The summed E-state index contributed by atoms with van der Waals surface area (Å²) in [5.41, 5.74) is 0. The summed E-state index contributed by atoms with van der Waals surface area (Å²) in [4.78, 5) is 2.49. The Morgan fingerprint density at radius 2 is 1.35 bits per heavy atom. The zero-order chi connectivity index (χ0) is 12.1. The van der Waals surface area contributed by atoms with E-state index in [4.69, 9.17) is 0 Å². The molecule has 1 nitrogen and oxygen atoms in total. The standard InChI is InChI=1S/C16H31N/c1-14-6-8-15(9-7-14)4-3-5-16-10-12-17(2)13-11-16/h14-16H,3-13H2,1-2H3. The van der Waals surface area contributed by atoms with Crippen LogP contribution in [0, 0.1) is 17.8 Å². The molecule has 0 bridgehead atoms. The fourth-order valence-electron chi connectivity index (χ4n) is 3.66. The second-order valence-corrected chi connectivity index (χ2v) is 6.80. The SMILES string of the molecule is CC1CCC(CCCC2CCN(C)CC2)CC1. The minimum atomic E-state index is 1.01. The van der Waals surface area contributed by atoms with Crippen molar-refractivity contribution in [3.05, 3.63) is 0 Å². The maximum absolute atomic E-state index is 2.49. The van der Waals surface area contributed by atoms with Gasteiger partial charge < -0.3 is 4.90 Å². The molecule has 1 aliphatic heterocycles. The predicted molar refractivity (Wildman–Crippen MR) is 75.2 cm³/mol. The lowest BCUT2D eigenvalue weighted by Crippen LogP contribution is -2.30. The van der Waals surface area contributed by atoms with E-state index in [-0.39, 0.29) is 0 Å². The normalized spacial score (nSPS) is 32.8. The molecule has 1 saturated heterocycles. The van der Waals surface area contributed by atoms with Crippen LogP contribution in [0.15, 0.2) is 0 Å². The molecule has 0 aromatic carbocycles. The molecule has 2 rings (SSSR count). The molecule has 100 valence electrons. The quantitative estimate of drug-likeness (QED) is 0.703. The summed E-state index contributed by atoms with van der Waals surface area (Å²) >= 11 is 0. The molecule has 1 heteroatoms. The van der Waals surface area contributed by atoms with Crippen molar-refractivity contribution in [3.8, 4) is 0 Å². The van der Waals surface area contributed by atoms with Crippen LogP contribution in [0.4, 0.5) is 0 Å². The lowest BCUT2D eigenvalue weighted by atomic mass is 9.80. The van der Waals surface area contributed by atoms with E-state index < -0.39 is 0 Å². The number of hydrogen-bond donors (Lipinski definition) is 0. The van der Waals surface area contributed by atoms with E-state index >= 15 is 0 Å². The van der Waals surface area contributed by atoms with Crippen LogP contribution in [0.1, 0.15) is 64.7 Å². The van der Waals surface area contributed by atoms with Crippen LogP contribution in [0.3, 0.4) is 0 Å². The maximum Gasteiger partial charge on any atom is -0.00191 e. The Hall–Kier alpha value is -0.0400. The number of rotatable bonds is 4. The van der Waals surface area contributed by atoms with Crippen LogP contribution in [0.5, 0.6) is 0 Å². The Bertz CT molecular complexity index is 176. The summed E-state index contributed by atoms with van der Waals surface area (Å²) < 4.78 is 0. The highest BCUT2D eigenvalue weighted by molar-refractivity contribution is 4.73. The van der Waals surface area contributed by atoms with Crippen LogP contribution in [0.25, 0.3) is 0 Å². The van der Waals surface area contributed by atoms with Crippen LogP contribution >= 0.6 is 0 Å². The molecule has 1 saturated carbocycles. The third-order valence-electron chi connectivity index (χ3n) is 5.20. The number of hydrogen-bond acceptors (Lipinski definition) is 1. The van der Waals surface area contributed by atoms with Crippen molar-refractivity contribution in [2.75, 3.05) is 20.1 Å². The lowest BCUT2D eigenvalue weighted by molar-refractivity contribution is 0.203. The highest BCUT2D eigenvalue weighted by Crippen LogP contribution is 2.32. The molecule has 0 aromatic rings. The van der Waals surface area contributed by atoms with E-state index in [0.717, 1.165) is 17.8 Å². The summed E-state index contributed by atoms with van der Waals surface area (Å²) in [6, 6.07) is 0. The summed E-state index contributed by atoms with van der Waals surface area (Å²) in [5.74, 6) is 3.14. The Morgan fingerprint density at radius 1 is 0.824 bits per heavy atom. The Morgan fingerprint density at radius 3 is 1.94 bits per heavy atom. The summed E-state index contributed by atoms with van der Waals surface area (Å²) in [6.45, 7) is 5.10. The van der Waals surface area contributed by atoms with E-state index in [1.165, 1.54) is 70.9 Å². The predicted octanol–water partition coefficient (Wildman–Crippen LogP) is 4.32. The second kappa shape index (κ2) is 6.78. The number of likely N-dealkylation sites (tertiary alicyclic amines) is 1. The van der Waals surface area contributed by atoms with Crippen LogP contribution < -0.4 is 0 Å². The topological polar surface area (TPSA) is 3.24 Å². The molecule has 2 aliphatic rings. The third kappa shape index (κ3) is 4.62. The first-order chi connectivity index (χ1) is 8.24. The first kappa shape index (κ1) is 13.4. The third-order valence-corrected chi connectivity index (χ3v) is 5.20. The Balaban J connectivity index is 1.54. The molecule has 0 amide bonds. The van der Waals surface area contributed by atoms with Crippen molar-refractivity contribution < 1.29 is 0 Å². The van der Waals surface area contributed by atoms with Gasteiger partial charge in [0.2, 0.25) is 0 Å². The van der Waals surface area contributed by atoms with Crippen LogP contribution in [-0.2, 0) is 0 Å². The minimum Gasteiger partial charge on any atom is -0.306 e. The second-order valence-electron chi connectivity index (χ2n) is 6.80. The molecule has 2 fully saturated rings. The van der Waals surface area contributed by atoms with Crippen LogP contribution in [-0.4, -0.2) is 25.0 Å². The van der Waals surface area contributed by atoms with E-state index in [9.17, 15) is 0 Å². The van der Waals surface area contributed by atoms with Gasteiger partial charge in [-0.1, -0.05) is 51.9 Å². The highest BCUT2D eigenvalue weighted by Gasteiger charge is 2.19. The van der Waals surface area contributed by atoms with Crippen molar-refractivity contribution in [2.45, 2.75) is 64.7 Å². The molecule has 0 unspecified atom stereocenters. The molecular formula is C16H31N. The lowest BCUT2D eigenvalue weighted by Gasteiger charge is -2.30. The average molecular weight is 237 g/mol. The molecule has 0 atom stereocenters. The fraction of sp³-hybridized carbons (Fsp3) is 1.00. The average Bonchev–Trinajstić information content (AvgIpc) is 2.34.